The van der Waals surface area contributed by atoms with Crippen LogP contribution in [0.5, 0.6) is 0 Å². The van der Waals surface area contributed by atoms with Gasteiger partial charge in [-0.3, -0.25) is 0 Å². The Hall–Kier alpha value is -2.18. The second kappa shape index (κ2) is 7.42. The van der Waals surface area contributed by atoms with E-state index < -0.39 is 16.0 Å². The molecule has 0 aliphatic carbocycles. The summed E-state index contributed by atoms with van der Waals surface area (Å²) in [4.78, 5) is 10.2. The van der Waals surface area contributed by atoms with Gasteiger partial charge in [-0.25, -0.2) is 18.4 Å². The summed E-state index contributed by atoms with van der Waals surface area (Å²) in [5, 5.41) is 13.2. The lowest BCUT2D eigenvalue weighted by Gasteiger charge is -1.96. The number of hydrogen-bond donors (Lipinski definition) is 2. The summed E-state index contributed by atoms with van der Waals surface area (Å²) in [5.41, 5.74) is 1.05. The van der Waals surface area contributed by atoms with E-state index in [2.05, 4.69) is 0 Å². The number of nitrogens with two attached hydrogens (primary N) is 1. The summed E-state index contributed by atoms with van der Waals surface area (Å²) in [7, 11) is -3.38. The largest absolute Gasteiger partial charge is 0.478 e. The van der Waals surface area contributed by atoms with E-state index in [4.69, 9.17) is 10.2 Å². The molecule has 0 heterocycles. The number of rotatable bonds is 3. The second-order valence-electron chi connectivity index (χ2n) is 3.96. The predicted molar refractivity (Wildman–Crippen MR) is 76.7 cm³/mol. The molecule has 0 bridgehead atoms. The lowest BCUT2D eigenvalue weighted by molar-refractivity contribution is 0.0697. The van der Waals surface area contributed by atoms with Gasteiger partial charge in [-0.05, 0) is 17.7 Å². The molecule has 2 aromatic rings. The molecule has 0 fully saturated rings. The number of benzene rings is 2. The minimum atomic E-state index is -3.38. The topological polar surface area (TPSA) is 97.5 Å². The van der Waals surface area contributed by atoms with Crippen molar-refractivity contribution in [3.05, 3.63) is 71.8 Å². The first-order chi connectivity index (χ1) is 9.38. The molecule has 0 atom stereocenters. The molecule has 0 aromatic heterocycles. The highest BCUT2D eigenvalue weighted by atomic mass is 32.2. The minimum absolute atomic E-state index is 0.0894. The summed E-state index contributed by atoms with van der Waals surface area (Å²) in [5.74, 6) is -0.969. The van der Waals surface area contributed by atoms with Crippen molar-refractivity contribution >= 4 is 16.0 Å². The van der Waals surface area contributed by atoms with Gasteiger partial charge in [0.05, 0.1) is 11.3 Å². The number of carbonyl (C=O) groups is 1. The first-order valence-corrected chi connectivity index (χ1v) is 7.43. The maximum atomic E-state index is 10.6. The van der Waals surface area contributed by atoms with Gasteiger partial charge in [-0.15, -0.1) is 0 Å². The van der Waals surface area contributed by atoms with Gasteiger partial charge in [-0.2, -0.15) is 0 Å². The Labute approximate surface area is 117 Å². The molecule has 0 aliphatic heterocycles. The molecule has 0 saturated carbocycles. The van der Waals surface area contributed by atoms with Crippen LogP contribution >= 0.6 is 0 Å². The molecule has 20 heavy (non-hydrogen) atoms. The zero-order valence-electron chi connectivity index (χ0n) is 10.6. The van der Waals surface area contributed by atoms with Crippen LogP contribution in [0.15, 0.2) is 60.7 Å². The summed E-state index contributed by atoms with van der Waals surface area (Å²) in [6.07, 6.45) is 0. The molecule has 0 aliphatic rings. The molecule has 0 unspecified atom stereocenters. The Kier molecular flexibility index (Phi) is 5.89. The van der Waals surface area contributed by atoms with Crippen LogP contribution in [0.3, 0.4) is 0 Å². The van der Waals surface area contributed by atoms with Crippen LogP contribution < -0.4 is 5.14 Å². The van der Waals surface area contributed by atoms with Gasteiger partial charge in [0, 0.05) is 0 Å². The molecule has 2 rings (SSSR count). The molecule has 6 heteroatoms. The summed E-state index contributed by atoms with van der Waals surface area (Å²) >= 11 is 0. The molecule has 3 N–H and O–H groups in total. The lowest BCUT2D eigenvalue weighted by atomic mass is 10.2. The van der Waals surface area contributed by atoms with Crippen LogP contribution in [0.25, 0.3) is 0 Å². The number of aromatic carboxylic acids is 1. The molecule has 0 amide bonds. The Morgan fingerprint density at radius 3 is 1.75 bits per heavy atom. The van der Waals surface area contributed by atoms with Gasteiger partial charge in [-0.1, -0.05) is 48.5 Å². The number of hydrogen-bond acceptors (Lipinski definition) is 3. The normalized spacial score (nSPS) is 10.2. The van der Waals surface area contributed by atoms with Crippen molar-refractivity contribution in [1.82, 2.24) is 0 Å². The van der Waals surface area contributed by atoms with Crippen molar-refractivity contribution in [3.8, 4) is 0 Å². The molecular formula is C14H15NO4S. The fourth-order valence-electron chi connectivity index (χ4n) is 1.39. The Morgan fingerprint density at radius 1 is 0.950 bits per heavy atom. The molecule has 0 spiro atoms. The second-order valence-corrected chi connectivity index (χ2v) is 5.58. The van der Waals surface area contributed by atoms with Crippen LogP contribution in [-0.4, -0.2) is 19.5 Å². The first-order valence-electron chi connectivity index (χ1n) is 5.71. The number of carboxylic acids is 1. The number of carboxylic acid groups (broad SMARTS) is 1. The van der Waals surface area contributed by atoms with Gasteiger partial charge in [0.15, 0.2) is 0 Å². The Balaban J connectivity index is 0.000000204. The van der Waals surface area contributed by atoms with Crippen molar-refractivity contribution in [2.45, 2.75) is 5.75 Å². The molecule has 0 saturated heterocycles. The van der Waals surface area contributed by atoms with Crippen LogP contribution in [0.1, 0.15) is 15.9 Å². The van der Waals surface area contributed by atoms with E-state index in [9.17, 15) is 13.2 Å². The van der Waals surface area contributed by atoms with Gasteiger partial charge in [0.25, 0.3) is 0 Å². The third-order valence-corrected chi connectivity index (χ3v) is 2.97. The van der Waals surface area contributed by atoms with E-state index >= 15 is 0 Å². The maximum Gasteiger partial charge on any atom is 0.335 e. The highest BCUT2D eigenvalue weighted by Gasteiger charge is 2.02. The maximum absolute atomic E-state index is 10.6. The molecule has 2 aromatic carbocycles. The summed E-state index contributed by atoms with van der Waals surface area (Å²) < 4.78 is 21.2. The van der Waals surface area contributed by atoms with Gasteiger partial charge < -0.3 is 5.11 Å². The van der Waals surface area contributed by atoms with E-state index in [1.165, 1.54) is 0 Å². The first kappa shape index (κ1) is 15.9. The summed E-state index contributed by atoms with van der Waals surface area (Å²) in [6.45, 7) is 0. The molecule has 0 radical (unpaired) electrons. The number of primary sulfonamides is 1. The van der Waals surface area contributed by atoms with E-state index in [-0.39, 0.29) is 5.75 Å². The predicted octanol–water partition coefficient (Wildman–Crippen LogP) is 1.86. The van der Waals surface area contributed by atoms with Crippen LogP contribution in [0, 0.1) is 0 Å². The average molecular weight is 293 g/mol. The summed E-state index contributed by atoms with van der Waals surface area (Å²) in [6, 6.07) is 17.1. The van der Waals surface area contributed by atoms with Crippen molar-refractivity contribution in [2.75, 3.05) is 0 Å². The van der Waals surface area contributed by atoms with Crippen LogP contribution in [-0.2, 0) is 15.8 Å². The third-order valence-electron chi connectivity index (χ3n) is 2.23. The SMILES string of the molecule is NS(=O)(=O)Cc1ccccc1.O=C(O)c1ccccc1. The molecule has 106 valence electrons. The van der Waals surface area contributed by atoms with E-state index in [1.54, 1.807) is 54.6 Å². The monoisotopic (exact) mass is 293 g/mol. The van der Waals surface area contributed by atoms with Gasteiger partial charge in [0.1, 0.15) is 0 Å². The van der Waals surface area contributed by atoms with Crippen molar-refractivity contribution < 1.29 is 18.3 Å². The Bertz CT molecular complexity index is 639. The number of sulfonamides is 1. The minimum Gasteiger partial charge on any atom is -0.478 e. The van der Waals surface area contributed by atoms with Crippen molar-refractivity contribution in [1.29, 1.82) is 0 Å². The van der Waals surface area contributed by atoms with Crippen molar-refractivity contribution in [2.24, 2.45) is 5.14 Å². The van der Waals surface area contributed by atoms with Crippen LogP contribution in [0.4, 0.5) is 0 Å². The fourth-order valence-corrected chi connectivity index (χ4v) is 2.04. The smallest absolute Gasteiger partial charge is 0.335 e. The Morgan fingerprint density at radius 2 is 1.40 bits per heavy atom. The van der Waals surface area contributed by atoms with E-state index in [0.29, 0.717) is 5.56 Å². The third kappa shape index (κ3) is 6.67. The van der Waals surface area contributed by atoms with E-state index in [0.717, 1.165) is 5.56 Å². The standard InChI is InChI=1S/C7H9NO2S.C7H6O2/c8-11(9,10)6-7-4-2-1-3-5-7;8-7(9)6-4-2-1-3-5-6/h1-5H,6H2,(H2,8,9,10);1-5H,(H,8,9). The lowest BCUT2D eigenvalue weighted by Crippen LogP contribution is -2.14. The highest BCUT2D eigenvalue weighted by molar-refractivity contribution is 7.88. The average Bonchev–Trinajstić information content (AvgIpc) is 2.40. The van der Waals surface area contributed by atoms with Gasteiger partial charge in [0.2, 0.25) is 10.0 Å². The van der Waals surface area contributed by atoms with E-state index in [1.807, 2.05) is 6.07 Å². The zero-order chi connectivity index (χ0) is 15.0. The molecular weight excluding hydrogens is 278 g/mol. The highest BCUT2D eigenvalue weighted by Crippen LogP contribution is 2.01. The molecule has 5 nitrogen and oxygen atoms in total. The quantitative estimate of drug-likeness (QED) is 0.902. The van der Waals surface area contributed by atoms with Crippen LogP contribution in [0.2, 0.25) is 0 Å². The van der Waals surface area contributed by atoms with Gasteiger partial charge >= 0.3 is 5.97 Å². The fraction of sp³-hybridized carbons (Fsp3) is 0.0714. The zero-order valence-corrected chi connectivity index (χ0v) is 11.5. The van der Waals surface area contributed by atoms with Crippen molar-refractivity contribution in [3.63, 3.8) is 0 Å².